The van der Waals surface area contributed by atoms with E-state index in [1.165, 1.54) is 6.34 Å². The van der Waals surface area contributed by atoms with Crippen LogP contribution in [0.15, 0.2) is 4.99 Å². The lowest BCUT2D eigenvalue weighted by Gasteiger charge is -2.09. The molecule has 64 valence electrons. The maximum absolute atomic E-state index is 8.89. The van der Waals surface area contributed by atoms with Gasteiger partial charge < -0.3 is 10.8 Å². The van der Waals surface area contributed by atoms with Crippen LogP contribution in [-0.2, 0) is 0 Å². The molecule has 0 heterocycles. The number of aliphatic hydroxyl groups is 1. The topological polar surface area (TPSA) is 58.6 Å². The summed E-state index contributed by atoms with van der Waals surface area (Å²) in [5, 5.41) is 8.89. The number of hydrogen-bond acceptors (Lipinski definition) is 2. The van der Waals surface area contributed by atoms with Gasteiger partial charge in [-0.2, -0.15) is 0 Å². The molecular weight excluding hydrogens is 140 g/mol. The molecule has 0 aromatic carbocycles. The summed E-state index contributed by atoms with van der Waals surface area (Å²) in [6.45, 7) is 3.22. The maximum Gasteiger partial charge on any atom is 0.0797 e. The Hall–Kier alpha value is -0.570. The Bertz CT molecular complexity index is 158. The summed E-state index contributed by atoms with van der Waals surface area (Å²) in [5.74, 6) is 0.469. The van der Waals surface area contributed by atoms with E-state index in [1.54, 1.807) is 0 Å². The fourth-order valence-electron chi connectivity index (χ4n) is 1.66. The van der Waals surface area contributed by atoms with E-state index in [2.05, 4.69) is 11.9 Å². The molecule has 3 heteroatoms. The molecule has 3 N–H and O–H groups in total. The predicted octanol–water partition coefficient (Wildman–Crippen LogP) is 0.382. The fraction of sp³-hybridized carbons (Fsp3) is 0.875. The van der Waals surface area contributed by atoms with Gasteiger partial charge >= 0.3 is 0 Å². The normalized spacial score (nSPS) is 36.4. The molecule has 2 atom stereocenters. The van der Waals surface area contributed by atoms with Crippen molar-refractivity contribution in [3.8, 4) is 0 Å². The lowest BCUT2D eigenvalue weighted by atomic mass is 10.0. The van der Waals surface area contributed by atoms with Gasteiger partial charge in [-0.15, -0.1) is 0 Å². The van der Waals surface area contributed by atoms with Gasteiger partial charge in [0.2, 0.25) is 0 Å². The van der Waals surface area contributed by atoms with E-state index in [0.717, 1.165) is 19.4 Å². The number of aliphatic hydroxyl groups excluding tert-OH is 1. The Labute approximate surface area is 67.3 Å². The summed E-state index contributed by atoms with van der Waals surface area (Å²) in [7, 11) is 0. The first-order valence-corrected chi connectivity index (χ1v) is 4.10. The SMILES string of the molecule is CCC1(CN=CN)CC1CO. The van der Waals surface area contributed by atoms with Crippen LogP contribution in [0, 0.1) is 11.3 Å². The molecule has 3 nitrogen and oxygen atoms in total. The van der Waals surface area contributed by atoms with Crippen molar-refractivity contribution in [2.75, 3.05) is 13.2 Å². The minimum absolute atomic E-state index is 0.282. The molecule has 0 aromatic heterocycles. The van der Waals surface area contributed by atoms with Crippen molar-refractivity contribution < 1.29 is 5.11 Å². The standard InChI is InChI=1S/C8H16N2O/c1-2-8(5-10-6-9)3-7(8)4-11/h6-7,11H,2-5H2,1H3,(H2,9,10). The summed E-state index contributed by atoms with van der Waals surface area (Å²) >= 11 is 0. The molecule has 1 saturated carbocycles. The first-order chi connectivity index (χ1) is 5.29. The third-order valence-electron chi connectivity index (χ3n) is 2.79. The Kier molecular flexibility index (Phi) is 2.49. The highest BCUT2D eigenvalue weighted by Gasteiger charge is 2.51. The number of rotatable bonds is 4. The van der Waals surface area contributed by atoms with Crippen molar-refractivity contribution in [1.82, 2.24) is 0 Å². The van der Waals surface area contributed by atoms with Crippen molar-refractivity contribution in [2.24, 2.45) is 22.1 Å². The van der Waals surface area contributed by atoms with E-state index in [-0.39, 0.29) is 5.41 Å². The van der Waals surface area contributed by atoms with Crippen molar-refractivity contribution in [2.45, 2.75) is 19.8 Å². The molecule has 0 saturated heterocycles. The highest BCUT2D eigenvalue weighted by Crippen LogP contribution is 2.54. The van der Waals surface area contributed by atoms with Crippen molar-refractivity contribution in [3.63, 3.8) is 0 Å². The van der Waals surface area contributed by atoms with E-state index in [9.17, 15) is 0 Å². The molecule has 1 aliphatic carbocycles. The zero-order chi connectivity index (χ0) is 8.32. The Balaban J connectivity index is 2.39. The second-order valence-corrected chi connectivity index (χ2v) is 3.29. The van der Waals surface area contributed by atoms with Gasteiger partial charge in [-0.1, -0.05) is 6.92 Å². The summed E-state index contributed by atoms with van der Waals surface area (Å²) < 4.78 is 0. The average molecular weight is 156 g/mol. The van der Waals surface area contributed by atoms with E-state index in [0.29, 0.717) is 12.5 Å². The van der Waals surface area contributed by atoms with E-state index < -0.39 is 0 Å². The Morgan fingerprint density at radius 3 is 2.91 bits per heavy atom. The van der Waals surface area contributed by atoms with Crippen LogP contribution in [0.2, 0.25) is 0 Å². The molecule has 0 spiro atoms. The number of hydrogen-bond donors (Lipinski definition) is 2. The summed E-state index contributed by atoms with van der Waals surface area (Å²) in [4.78, 5) is 4.02. The van der Waals surface area contributed by atoms with E-state index in [4.69, 9.17) is 10.8 Å². The number of aliphatic imine (C=N–C) groups is 1. The third-order valence-corrected chi connectivity index (χ3v) is 2.79. The Morgan fingerprint density at radius 2 is 2.55 bits per heavy atom. The maximum atomic E-state index is 8.89. The van der Waals surface area contributed by atoms with Gasteiger partial charge in [0.05, 0.1) is 6.34 Å². The van der Waals surface area contributed by atoms with Gasteiger partial charge in [-0.25, -0.2) is 0 Å². The molecule has 0 amide bonds. The lowest BCUT2D eigenvalue weighted by Crippen LogP contribution is -2.10. The van der Waals surface area contributed by atoms with Crippen LogP contribution in [0.4, 0.5) is 0 Å². The molecule has 0 aromatic rings. The van der Waals surface area contributed by atoms with E-state index in [1.807, 2.05) is 0 Å². The lowest BCUT2D eigenvalue weighted by molar-refractivity contribution is 0.248. The van der Waals surface area contributed by atoms with Crippen LogP contribution in [0.25, 0.3) is 0 Å². The van der Waals surface area contributed by atoms with Gasteiger partial charge in [-0.05, 0) is 24.2 Å². The predicted molar refractivity (Wildman–Crippen MR) is 45.5 cm³/mol. The monoisotopic (exact) mass is 156 g/mol. The first kappa shape index (κ1) is 8.53. The first-order valence-electron chi connectivity index (χ1n) is 4.10. The largest absolute Gasteiger partial charge is 0.396 e. The fourth-order valence-corrected chi connectivity index (χ4v) is 1.66. The summed E-state index contributed by atoms with van der Waals surface area (Å²) in [5.41, 5.74) is 5.43. The van der Waals surface area contributed by atoms with Crippen LogP contribution in [-0.4, -0.2) is 24.6 Å². The molecule has 1 aliphatic rings. The molecule has 1 fully saturated rings. The second-order valence-electron chi connectivity index (χ2n) is 3.29. The molecule has 0 radical (unpaired) electrons. The third kappa shape index (κ3) is 1.53. The summed E-state index contributed by atoms with van der Waals surface area (Å²) in [6, 6.07) is 0. The second kappa shape index (κ2) is 3.22. The molecule has 1 rings (SSSR count). The zero-order valence-corrected chi connectivity index (χ0v) is 6.95. The highest BCUT2D eigenvalue weighted by atomic mass is 16.3. The highest BCUT2D eigenvalue weighted by molar-refractivity contribution is 5.51. The smallest absolute Gasteiger partial charge is 0.0797 e. The van der Waals surface area contributed by atoms with Crippen LogP contribution in [0.1, 0.15) is 19.8 Å². The van der Waals surface area contributed by atoms with Gasteiger partial charge in [-0.3, -0.25) is 4.99 Å². The number of nitrogens with zero attached hydrogens (tertiary/aromatic N) is 1. The van der Waals surface area contributed by atoms with Crippen molar-refractivity contribution >= 4 is 6.34 Å². The quantitative estimate of drug-likeness (QED) is 0.456. The van der Waals surface area contributed by atoms with Crippen LogP contribution in [0.5, 0.6) is 0 Å². The van der Waals surface area contributed by atoms with Gasteiger partial charge in [0, 0.05) is 13.2 Å². The van der Waals surface area contributed by atoms with Gasteiger partial charge in [0.1, 0.15) is 0 Å². The minimum Gasteiger partial charge on any atom is -0.396 e. The summed E-state index contributed by atoms with van der Waals surface area (Å²) in [6.07, 6.45) is 3.55. The van der Waals surface area contributed by atoms with Gasteiger partial charge in [0.25, 0.3) is 0 Å². The molecule has 11 heavy (non-hydrogen) atoms. The van der Waals surface area contributed by atoms with E-state index >= 15 is 0 Å². The van der Waals surface area contributed by atoms with Crippen LogP contribution in [0.3, 0.4) is 0 Å². The van der Waals surface area contributed by atoms with Crippen molar-refractivity contribution in [1.29, 1.82) is 0 Å². The zero-order valence-electron chi connectivity index (χ0n) is 6.95. The van der Waals surface area contributed by atoms with Crippen LogP contribution < -0.4 is 5.73 Å². The van der Waals surface area contributed by atoms with Crippen LogP contribution >= 0.6 is 0 Å². The molecular formula is C8H16N2O. The number of nitrogens with two attached hydrogens (primary N) is 1. The molecule has 2 unspecified atom stereocenters. The molecule has 0 aliphatic heterocycles. The van der Waals surface area contributed by atoms with Crippen molar-refractivity contribution in [3.05, 3.63) is 0 Å². The van der Waals surface area contributed by atoms with Gasteiger partial charge in [0.15, 0.2) is 0 Å². The average Bonchev–Trinajstić information content (AvgIpc) is 2.76. The minimum atomic E-state index is 0.282. The Morgan fingerprint density at radius 1 is 1.82 bits per heavy atom. The molecule has 0 bridgehead atoms.